The second-order valence-corrected chi connectivity index (χ2v) is 12.5. The molecule has 1 spiro atoms. The lowest BCUT2D eigenvalue weighted by Gasteiger charge is -2.59. The molecule has 5 aliphatic rings. The molecule has 1 saturated heterocycles. The third-order valence-electron chi connectivity index (χ3n) is 10.9. The van der Waals surface area contributed by atoms with Crippen LogP contribution in [0.25, 0.3) is 0 Å². The lowest BCUT2D eigenvalue weighted by atomic mass is 9.45. The normalized spacial score (nSPS) is 40.6. The zero-order valence-corrected chi connectivity index (χ0v) is 22.2. The molecule has 1 aromatic carbocycles. The van der Waals surface area contributed by atoms with Crippen molar-refractivity contribution in [3.05, 3.63) is 47.0 Å². The van der Waals surface area contributed by atoms with Crippen LogP contribution >= 0.6 is 0 Å². The van der Waals surface area contributed by atoms with Crippen molar-refractivity contribution in [1.82, 2.24) is 0 Å². The Balaban J connectivity index is 1.38. The van der Waals surface area contributed by atoms with Gasteiger partial charge in [-0.3, -0.25) is 0 Å². The molecule has 194 valence electrons. The van der Waals surface area contributed by atoms with Crippen LogP contribution in [0.4, 0.5) is 0 Å². The number of allylic oxidation sites excluding steroid dienone is 2. The van der Waals surface area contributed by atoms with Gasteiger partial charge in [0, 0.05) is 30.8 Å². The number of benzene rings is 1. The van der Waals surface area contributed by atoms with Crippen LogP contribution in [0.3, 0.4) is 0 Å². The zero-order valence-electron chi connectivity index (χ0n) is 22.2. The van der Waals surface area contributed by atoms with Crippen molar-refractivity contribution in [3.8, 4) is 11.8 Å². The summed E-state index contributed by atoms with van der Waals surface area (Å²) in [7, 11) is 1.76. The Morgan fingerprint density at radius 2 is 1.81 bits per heavy atom. The Labute approximate surface area is 216 Å². The molecular weight excluding hydrogens is 448 g/mol. The molecule has 4 nitrogen and oxygen atoms in total. The number of fused-ring (bicyclic) bond motifs is 5. The van der Waals surface area contributed by atoms with E-state index in [-0.39, 0.29) is 23.2 Å². The van der Waals surface area contributed by atoms with Gasteiger partial charge in [-0.05, 0) is 79.7 Å². The Morgan fingerprint density at radius 1 is 1.03 bits per heavy atom. The number of ether oxygens (including phenoxy) is 3. The Bertz CT molecular complexity index is 1060. The number of aliphatic hydroxyl groups excluding tert-OH is 1. The summed E-state index contributed by atoms with van der Waals surface area (Å²) in [4.78, 5) is 0. The van der Waals surface area contributed by atoms with Crippen molar-refractivity contribution in [1.29, 1.82) is 0 Å². The van der Waals surface area contributed by atoms with Gasteiger partial charge >= 0.3 is 0 Å². The molecule has 1 aromatic rings. The first-order chi connectivity index (χ1) is 17.4. The zero-order chi connectivity index (χ0) is 25.0. The fourth-order valence-electron chi connectivity index (χ4n) is 9.04. The summed E-state index contributed by atoms with van der Waals surface area (Å²) in [6.07, 6.45) is 10.5. The number of rotatable bonds is 3. The maximum atomic E-state index is 9.50. The van der Waals surface area contributed by atoms with Crippen LogP contribution < -0.4 is 0 Å². The molecular formula is C32H42O4. The molecule has 4 fully saturated rings. The predicted octanol–water partition coefficient (Wildman–Crippen LogP) is 5.84. The number of hydrogen-bond acceptors (Lipinski definition) is 4. The molecule has 1 N–H and O–H groups in total. The van der Waals surface area contributed by atoms with E-state index in [9.17, 15) is 5.11 Å². The third kappa shape index (κ3) is 3.81. The highest BCUT2D eigenvalue weighted by atomic mass is 16.7. The predicted molar refractivity (Wildman–Crippen MR) is 140 cm³/mol. The number of aliphatic hydroxyl groups is 1. The summed E-state index contributed by atoms with van der Waals surface area (Å²) in [6.45, 7) is 6.90. The van der Waals surface area contributed by atoms with Gasteiger partial charge in [0.05, 0.1) is 19.8 Å². The standard InChI is InChI=1S/C32H42O4/c1-30(13-4-16-33)14-12-28-26-10-9-24-19-32(35-17-18-36-32)15-11-25(24)29(26)27(20-31(28,30)2)23-7-5-22(6-8-23)21-34-3/h5-8,12,24-27,29,33H,9-11,14-21H2,1-3H3/t24?,25?,26?,27-,29?,30-,31?/m1/s1. The van der Waals surface area contributed by atoms with Gasteiger partial charge in [-0.25, -0.2) is 0 Å². The summed E-state index contributed by atoms with van der Waals surface area (Å²) in [5.74, 6) is 9.44. The van der Waals surface area contributed by atoms with E-state index in [4.69, 9.17) is 14.2 Å². The second-order valence-electron chi connectivity index (χ2n) is 12.5. The summed E-state index contributed by atoms with van der Waals surface area (Å²) >= 11 is 0. The van der Waals surface area contributed by atoms with Gasteiger partial charge in [0.2, 0.25) is 0 Å². The van der Waals surface area contributed by atoms with Gasteiger partial charge in [0.1, 0.15) is 6.61 Å². The lowest BCUT2D eigenvalue weighted by molar-refractivity contribution is -0.206. The van der Waals surface area contributed by atoms with Crippen LogP contribution in [0.5, 0.6) is 0 Å². The van der Waals surface area contributed by atoms with Crippen LogP contribution in [0.1, 0.15) is 75.8 Å². The van der Waals surface area contributed by atoms with Crippen LogP contribution in [0.2, 0.25) is 0 Å². The van der Waals surface area contributed by atoms with Gasteiger partial charge in [0.25, 0.3) is 0 Å². The molecule has 0 radical (unpaired) electrons. The third-order valence-corrected chi connectivity index (χ3v) is 10.9. The Kier molecular flexibility index (Phi) is 6.36. The quantitative estimate of drug-likeness (QED) is 0.427. The summed E-state index contributed by atoms with van der Waals surface area (Å²) in [5.41, 5.74) is 4.29. The van der Waals surface area contributed by atoms with Crippen molar-refractivity contribution in [2.24, 2.45) is 34.5 Å². The lowest BCUT2D eigenvalue weighted by Crippen LogP contribution is -2.52. The Hall–Kier alpha value is -1.64. The highest BCUT2D eigenvalue weighted by molar-refractivity contribution is 5.41. The summed E-state index contributed by atoms with van der Waals surface area (Å²) in [5, 5.41) is 9.50. The fourth-order valence-corrected chi connectivity index (χ4v) is 9.04. The maximum Gasteiger partial charge on any atom is 0.168 e. The smallest absolute Gasteiger partial charge is 0.168 e. The van der Waals surface area contributed by atoms with Gasteiger partial charge < -0.3 is 19.3 Å². The molecule has 0 amide bonds. The molecule has 0 aromatic heterocycles. The molecule has 36 heavy (non-hydrogen) atoms. The first-order valence-electron chi connectivity index (χ1n) is 14.1. The summed E-state index contributed by atoms with van der Waals surface area (Å²) < 4.78 is 17.8. The van der Waals surface area contributed by atoms with E-state index in [0.29, 0.717) is 36.2 Å². The molecule has 3 saturated carbocycles. The van der Waals surface area contributed by atoms with E-state index in [1.807, 2.05) is 0 Å². The highest BCUT2D eigenvalue weighted by Crippen LogP contribution is 2.69. The van der Waals surface area contributed by atoms with Crippen molar-refractivity contribution in [2.75, 3.05) is 26.9 Å². The van der Waals surface area contributed by atoms with Crippen LogP contribution in [-0.2, 0) is 20.8 Å². The van der Waals surface area contributed by atoms with Gasteiger partial charge in [-0.15, -0.1) is 0 Å². The second kappa shape index (κ2) is 9.28. The van der Waals surface area contributed by atoms with Gasteiger partial charge in [0.15, 0.2) is 5.79 Å². The van der Waals surface area contributed by atoms with E-state index in [1.54, 1.807) is 12.7 Å². The minimum Gasteiger partial charge on any atom is -0.384 e. The molecule has 0 bridgehead atoms. The number of methoxy groups -OCH3 is 1. The average molecular weight is 491 g/mol. The largest absolute Gasteiger partial charge is 0.384 e. The maximum absolute atomic E-state index is 9.50. The van der Waals surface area contributed by atoms with E-state index in [2.05, 4.69) is 56.0 Å². The first kappa shape index (κ1) is 24.7. The van der Waals surface area contributed by atoms with E-state index in [1.165, 1.54) is 30.4 Å². The molecule has 4 heteroatoms. The van der Waals surface area contributed by atoms with E-state index < -0.39 is 0 Å². The number of hydrogen-bond donors (Lipinski definition) is 1. The average Bonchev–Trinajstić information content (AvgIpc) is 3.44. The topological polar surface area (TPSA) is 47.9 Å². The molecule has 1 aliphatic heterocycles. The van der Waals surface area contributed by atoms with Crippen molar-refractivity contribution < 1.29 is 19.3 Å². The SMILES string of the molecule is COCc1ccc([C@H]2CC3(C)C(=CC[C@@]3(C)C#CCO)C3CCC4CC5(CCC4C32)OCCO5)cc1. The molecule has 5 unspecified atom stereocenters. The summed E-state index contributed by atoms with van der Waals surface area (Å²) in [6, 6.07) is 9.27. The fraction of sp³-hybridized carbons (Fsp3) is 0.688. The van der Waals surface area contributed by atoms with Gasteiger partial charge in [-0.1, -0.05) is 54.7 Å². The van der Waals surface area contributed by atoms with Crippen molar-refractivity contribution in [3.63, 3.8) is 0 Å². The minimum absolute atomic E-state index is 0.0343. The monoisotopic (exact) mass is 490 g/mol. The van der Waals surface area contributed by atoms with Gasteiger partial charge in [-0.2, -0.15) is 0 Å². The first-order valence-corrected chi connectivity index (χ1v) is 14.1. The van der Waals surface area contributed by atoms with Crippen molar-refractivity contribution >= 4 is 0 Å². The highest BCUT2D eigenvalue weighted by Gasteiger charge is 2.61. The molecule has 7 atom stereocenters. The van der Waals surface area contributed by atoms with Crippen LogP contribution in [0.15, 0.2) is 35.9 Å². The molecule has 1 heterocycles. The van der Waals surface area contributed by atoms with E-state index >= 15 is 0 Å². The Morgan fingerprint density at radius 3 is 2.53 bits per heavy atom. The van der Waals surface area contributed by atoms with Crippen molar-refractivity contribution in [2.45, 2.75) is 77.1 Å². The van der Waals surface area contributed by atoms with Crippen LogP contribution in [-0.4, -0.2) is 37.8 Å². The van der Waals surface area contributed by atoms with E-state index in [0.717, 1.165) is 38.9 Å². The molecule has 4 aliphatic carbocycles. The van der Waals surface area contributed by atoms with Crippen LogP contribution in [0, 0.1) is 46.3 Å². The minimum atomic E-state index is -0.306. The molecule has 6 rings (SSSR count).